The molecule has 0 heterocycles. The fraction of sp³-hybridized carbons (Fsp3) is 0.529. The predicted octanol–water partition coefficient (Wildman–Crippen LogP) is 1.93. The molecule has 1 unspecified atom stereocenters. The number of urea groups is 1. The van der Waals surface area contributed by atoms with Crippen LogP contribution in [0.5, 0.6) is 5.75 Å². The maximum Gasteiger partial charge on any atom is 0.321 e. The zero-order valence-corrected chi connectivity index (χ0v) is 14.6. The number of amides is 3. The summed E-state index contributed by atoms with van der Waals surface area (Å²) in [5.41, 5.74) is 1.08. The Kier molecular flexibility index (Phi) is 7.54. The molecule has 1 aromatic rings. The number of ether oxygens (including phenoxy) is 1. The molecule has 1 atom stereocenters. The summed E-state index contributed by atoms with van der Waals surface area (Å²) in [6, 6.07) is 6.89. The Bertz CT molecular complexity index is 532. The number of carbonyl (C=O) groups is 2. The lowest BCUT2D eigenvalue weighted by Crippen LogP contribution is -2.50. The van der Waals surface area contributed by atoms with Crippen molar-refractivity contribution >= 4 is 11.9 Å². The van der Waals surface area contributed by atoms with E-state index >= 15 is 0 Å². The maximum absolute atomic E-state index is 12.0. The molecule has 2 N–H and O–H groups in total. The molecule has 6 heteroatoms. The fourth-order valence-electron chi connectivity index (χ4n) is 1.93. The van der Waals surface area contributed by atoms with Gasteiger partial charge in [-0.3, -0.25) is 15.0 Å². The third-order valence-electron chi connectivity index (χ3n) is 3.49. The molecular formula is C17H27N3O3. The molecule has 3 amide bonds. The number of carbonyl (C=O) groups excluding carboxylic acids is 2. The van der Waals surface area contributed by atoms with Crippen LogP contribution in [0.4, 0.5) is 4.79 Å². The van der Waals surface area contributed by atoms with Gasteiger partial charge in [-0.1, -0.05) is 18.2 Å². The molecule has 0 saturated carbocycles. The largest absolute Gasteiger partial charge is 0.492 e. The first kappa shape index (κ1) is 19.0. The lowest BCUT2D eigenvalue weighted by Gasteiger charge is -2.24. The van der Waals surface area contributed by atoms with Gasteiger partial charge in [-0.2, -0.15) is 0 Å². The minimum atomic E-state index is -0.471. The molecule has 0 aliphatic rings. The van der Waals surface area contributed by atoms with E-state index in [4.69, 9.17) is 4.74 Å². The average molecular weight is 321 g/mol. The minimum Gasteiger partial charge on any atom is -0.492 e. The Morgan fingerprint density at radius 2 is 1.87 bits per heavy atom. The van der Waals surface area contributed by atoms with E-state index in [0.29, 0.717) is 13.2 Å². The van der Waals surface area contributed by atoms with Crippen LogP contribution in [0.1, 0.15) is 26.3 Å². The number of nitrogens with one attached hydrogen (secondary N) is 2. The number of likely N-dealkylation sites (N-methyl/N-ethyl adjacent to an activating group) is 1. The van der Waals surface area contributed by atoms with E-state index in [1.807, 2.05) is 57.0 Å². The van der Waals surface area contributed by atoms with Crippen molar-refractivity contribution in [2.75, 3.05) is 20.2 Å². The first-order valence-corrected chi connectivity index (χ1v) is 7.81. The Hall–Kier alpha value is -2.08. The lowest BCUT2D eigenvalue weighted by atomic mass is 10.2. The number of aryl methyl sites for hydroxylation is 1. The van der Waals surface area contributed by atoms with E-state index in [1.54, 1.807) is 6.92 Å². The standard InChI is InChI=1S/C17H27N3O3/c1-12(2)18-17(22)19-16(21)14(4)20(5)10-11-23-15-9-7-6-8-13(15)3/h6-9,12,14H,10-11H2,1-5H3,(H2,18,19,21,22). The highest BCUT2D eigenvalue weighted by Gasteiger charge is 2.20. The van der Waals surface area contributed by atoms with Gasteiger partial charge in [0.05, 0.1) is 6.04 Å². The van der Waals surface area contributed by atoms with Gasteiger partial charge in [-0.15, -0.1) is 0 Å². The molecule has 128 valence electrons. The first-order valence-electron chi connectivity index (χ1n) is 7.81. The molecule has 0 fully saturated rings. The van der Waals surface area contributed by atoms with E-state index in [-0.39, 0.29) is 11.9 Å². The molecule has 1 rings (SSSR count). The second-order valence-electron chi connectivity index (χ2n) is 5.89. The minimum absolute atomic E-state index is 0.0154. The number of hydrogen-bond donors (Lipinski definition) is 2. The van der Waals surface area contributed by atoms with Gasteiger partial charge in [0.2, 0.25) is 5.91 Å². The summed E-state index contributed by atoms with van der Waals surface area (Å²) < 4.78 is 5.72. The van der Waals surface area contributed by atoms with Crippen LogP contribution in [0.15, 0.2) is 24.3 Å². The van der Waals surface area contributed by atoms with Gasteiger partial charge in [0, 0.05) is 12.6 Å². The van der Waals surface area contributed by atoms with Crippen molar-refractivity contribution in [3.8, 4) is 5.75 Å². The van der Waals surface area contributed by atoms with Crippen molar-refractivity contribution in [2.24, 2.45) is 0 Å². The van der Waals surface area contributed by atoms with Gasteiger partial charge in [-0.05, 0) is 46.4 Å². The Balaban J connectivity index is 2.38. The van der Waals surface area contributed by atoms with Gasteiger partial charge in [0.25, 0.3) is 0 Å². The molecule has 1 aromatic carbocycles. The Morgan fingerprint density at radius 1 is 1.22 bits per heavy atom. The third-order valence-corrected chi connectivity index (χ3v) is 3.49. The monoisotopic (exact) mass is 321 g/mol. The van der Waals surface area contributed by atoms with Gasteiger partial charge in [0.1, 0.15) is 12.4 Å². The number of rotatable bonds is 7. The second kappa shape index (κ2) is 9.15. The molecular weight excluding hydrogens is 294 g/mol. The van der Waals surface area contributed by atoms with Crippen molar-refractivity contribution < 1.29 is 14.3 Å². The van der Waals surface area contributed by atoms with Gasteiger partial charge in [-0.25, -0.2) is 4.79 Å². The summed E-state index contributed by atoms with van der Waals surface area (Å²) in [4.78, 5) is 25.4. The van der Waals surface area contributed by atoms with Crippen molar-refractivity contribution in [3.63, 3.8) is 0 Å². The van der Waals surface area contributed by atoms with Gasteiger partial charge in [0.15, 0.2) is 0 Å². The molecule has 0 saturated heterocycles. The molecule has 0 aliphatic carbocycles. The van der Waals surface area contributed by atoms with Crippen LogP contribution in [0.3, 0.4) is 0 Å². The molecule has 0 radical (unpaired) electrons. The van der Waals surface area contributed by atoms with Gasteiger partial charge >= 0.3 is 6.03 Å². The van der Waals surface area contributed by atoms with Crippen LogP contribution in [0.2, 0.25) is 0 Å². The quantitative estimate of drug-likeness (QED) is 0.805. The fourth-order valence-corrected chi connectivity index (χ4v) is 1.93. The van der Waals surface area contributed by atoms with Crippen LogP contribution < -0.4 is 15.4 Å². The highest BCUT2D eigenvalue weighted by atomic mass is 16.5. The van der Waals surface area contributed by atoms with Crippen molar-refractivity contribution in [2.45, 2.75) is 39.8 Å². The predicted molar refractivity (Wildman–Crippen MR) is 90.6 cm³/mol. The van der Waals surface area contributed by atoms with Crippen LogP contribution in [0.25, 0.3) is 0 Å². The number of imide groups is 1. The van der Waals surface area contributed by atoms with Gasteiger partial charge < -0.3 is 10.1 Å². The molecule has 0 bridgehead atoms. The maximum atomic E-state index is 12.0. The number of hydrogen-bond acceptors (Lipinski definition) is 4. The van der Waals surface area contributed by atoms with Crippen molar-refractivity contribution in [1.82, 2.24) is 15.5 Å². The highest BCUT2D eigenvalue weighted by molar-refractivity contribution is 5.96. The Labute approximate surface area is 138 Å². The lowest BCUT2D eigenvalue weighted by molar-refractivity contribution is -0.124. The summed E-state index contributed by atoms with van der Waals surface area (Å²) >= 11 is 0. The van der Waals surface area contributed by atoms with E-state index in [1.165, 1.54) is 0 Å². The zero-order chi connectivity index (χ0) is 17.4. The van der Waals surface area contributed by atoms with E-state index in [2.05, 4.69) is 10.6 Å². The molecule has 0 aliphatic heterocycles. The van der Waals surface area contributed by atoms with Crippen LogP contribution >= 0.6 is 0 Å². The van der Waals surface area contributed by atoms with E-state index in [0.717, 1.165) is 11.3 Å². The number of benzene rings is 1. The van der Waals surface area contributed by atoms with Crippen molar-refractivity contribution in [1.29, 1.82) is 0 Å². The van der Waals surface area contributed by atoms with Crippen LogP contribution in [0, 0.1) is 6.92 Å². The SMILES string of the molecule is Cc1ccccc1OCCN(C)C(C)C(=O)NC(=O)NC(C)C. The number of para-hydroxylation sites is 1. The molecule has 0 aromatic heterocycles. The summed E-state index contributed by atoms with van der Waals surface area (Å²) in [6.45, 7) is 8.46. The Morgan fingerprint density at radius 3 is 2.48 bits per heavy atom. The number of nitrogens with zero attached hydrogens (tertiary/aromatic N) is 1. The summed E-state index contributed by atoms with van der Waals surface area (Å²) in [5.74, 6) is 0.510. The van der Waals surface area contributed by atoms with E-state index < -0.39 is 12.1 Å². The van der Waals surface area contributed by atoms with E-state index in [9.17, 15) is 9.59 Å². The second-order valence-corrected chi connectivity index (χ2v) is 5.89. The topological polar surface area (TPSA) is 70.7 Å². The third kappa shape index (κ3) is 6.69. The summed E-state index contributed by atoms with van der Waals surface area (Å²) in [6.07, 6.45) is 0. The van der Waals surface area contributed by atoms with Crippen molar-refractivity contribution in [3.05, 3.63) is 29.8 Å². The smallest absolute Gasteiger partial charge is 0.321 e. The average Bonchev–Trinajstić information content (AvgIpc) is 2.47. The van der Waals surface area contributed by atoms with Crippen LogP contribution in [-0.4, -0.2) is 49.1 Å². The molecule has 0 spiro atoms. The summed E-state index contributed by atoms with van der Waals surface area (Å²) in [5, 5.41) is 4.96. The van der Waals surface area contributed by atoms with Crippen LogP contribution in [-0.2, 0) is 4.79 Å². The molecule has 23 heavy (non-hydrogen) atoms. The zero-order valence-electron chi connectivity index (χ0n) is 14.6. The first-order chi connectivity index (χ1) is 10.8. The highest BCUT2D eigenvalue weighted by Crippen LogP contribution is 2.15. The summed E-state index contributed by atoms with van der Waals surface area (Å²) in [7, 11) is 1.83. The normalized spacial score (nSPS) is 12.1. The molecule has 6 nitrogen and oxygen atoms in total.